The summed E-state index contributed by atoms with van der Waals surface area (Å²) in [7, 11) is 2.90. The zero-order valence-corrected chi connectivity index (χ0v) is 14.7. The van der Waals surface area contributed by atoms with Crippen molar-refractivity contribution in [1.29, 1.82) is 0 Å². The second-order valence-corrected chi connectivity index (χ2v) is 6.13. The number of benzene rings is 1. The number of carbonyl (C=O) groups is 2. The van der Waals surface area contributed by atoms with Gasteiger partial charge in [-0.15, -0.1) is 0 Å². The average molecular weight is 364 g/mol. The van der Waals surface area contributed by atoms with Crippen LogP contribution in [0.3, 0.4) is 0 Å². The minimum Gasteiger partial charge on any atom is -0.464 e. The number of hydrogen-bond acceptors (Lipinski definition) is 5. The third kappa shape index (κ3) is 3.67. The number of esters is 1. The standard InChI is InChI=1S/C17H18ClN3O4/c1-20-14(9-13(19-20)17(23)24-2)16(22)21-7-8-25-15(10-21)11-3-5-12(18)6-4-11/h3-6,9,15H,7-8,10H2,1-2H3/t15-/m1/s1. The number of rotatable bonds is 3. The van der Waals surface area contributed by atoms with Gasteiger partial charge in [0.25, 0.3) is 5.91 Å². The van der Waals surface area contributed by atoms with Crippen LogP contribution in [-0.2, 0) is 16.5 Å². The van der Waals surface area contributed by atoms with Gasteiger partial charge < -0.3 is 14.4 Å². The fraction of sp³-hybridized carbons (Fsp3) is 0.353. The molecule has 132 valence electrons. The average Bonchev–Trinajstić information content (AvgIpc) is 3.03. The minimum atomic E-state index is -0.573. The molecule has 1 fully saturated rings. The lowest BCUT2D eigenvalue weighted by molar-refractivity contribution is -0.0231. The predicted molar refractivity (Wildman–Crippen MR) is 90.6 cm³/mol. The largest absolute Gasteiger partial charge is 0.464 e. The summed E-state index contributed by atoms with van der Waals surface area (Å²) in [6, 6.07) is 8.82. The molecule has 0 bridgehead atoms. The van der Waals surface area contributed by atoms with Crippen LogP contribution in [0.1, 0.15) is 32.6 Å². The van der Waals surface area contributed by atoms with E-state index in [4.69, 9.17) is 16.3 Å². The molecule has 2 heterocycles. The molecule has 0 spiro atoms. The van der Waals surface area contributed by atoms with E-state index in [0.717, 1.165) is 5.56 Å². The molecular formula is C17H18ClN3O4. The van der Waals surface area contributed by atoms with Crippen LogP contribution >= 0.6 is 11.6 Å². The molecule has 0 N–H and O–H groups in total. The second kappa shape index (κ2) is 7.25. The lowest BCUT2D eigenvalue weighted by atomic mass is 10.1. The van der Waals surface area contributed by atoms with E-state index in [0.29, 0.717) is 30.4 Å². The quantitative estimate of drug-likeness (QED) is 0.780. The Balaban J connectivity index is 1.77. The van der Waals surface area contributed by atoms with E-state index in [9.17, 15) is 9.59 Å². The number of halogens is 1. The second-order valence-electron chi connectivity index (χ2n) is 5.69. The van der Waals surface area contributed by atoms with Crippen molar-refractivity contribution in [2.24, 2.45) is 7.05 Å². The molecule has 25 heavy (non-hydrogen) atoms. The van der Waals surface area contributed by atoms with Crippen LogP contribution in [0.25, 0.3) is 0 Å². The van der Waals surface area contributed by atoms with Crippen LogP contribution in [-0.4, -0.2) is 53.4 Å². The summed E-state index contributed by atoms with van der Waals surface area (Å²) in [5.74, 6) is -0.775. The van der Waals surface area contributed by atoms with Gasteiger partial charge in [-0.3, -0.25) is 9.48 Å². The van der Waals surface area contributed by atoms with Gasteiger partial charge in [0.1, 0.15) is 11.8 Å². The van der Waals surface area contributed by atoms with Crippen molar-refractivity contribution >= 4 is 23.5 Å². The maximum absolute atomic E-state index is 12.8. The Kier molecular flexibility index (Phi) is 5.06. The third-order valence-corrected chi connectivity index (χ3v) is 4.34. The number of aryl methyl sites for hydroxylation is 1. The first-order chi connectivity index (χ1) is 12.0. The Bertz CT molecular complexity index is 788. The highest BCUT2D eigenvalue weighted by Gasteiger charge is 2.28. The summed E-state index contributed by atoms with van der Waals surface area (Å²) in [5, 5.41) is 4.68. The fourth-order valence-electron chi connectivity index (χ4n) is 2.75. The number of amides is 1. The molecule has 1 aliphatic rings. The molecule has 1 atom stereocenters. The summed E-state index contributed by atoms with van der Waals surface area (Å²) >= 11 is 5.91. The molecule has 0 saturated carbocycles. The van der Waals surface area contributed by atoms with Gasteiger partial charge in [0, 0.05) is 24.7 Å². The smallest absolute Gasteiger partial charge is 0.358 e. The zero-order valence-electron chi connectivity index (χ0n) is 13.9. The van der Waals surface area contributed by atoms with Crippen molar-refractivity contribution in [2.75, 3.05) is 26.8 Å². The molecule has 1 aromatic carbocycles. The van der Waals surface area contributed by atoms with Crippen molar-refractivity contribution in [1.82, 2.24) is 14.7 Å². The van der Waals surface area contributed by atoms with Crippen molar-refractivity contribution in [2.45, 2.75) is 6.10 Å². The normalized spacial score (nSPS) is 17.4. The summed E-state index contributed by atoms with van der Waals surface area (Å²) < 4.78 is 11.8. The van der Waals surface area contributed by atoms with Gasteiger partial charge in [0.05, 0.1) is 20.3 Å². The number of methoxy groups -OCH3 is 1. The summed E-state index contributed by atoms with van der Waals surface area (Å²) in [5.41, 5.74) is 1.40. The van der Waals surface area contributed by atoms with Crippen LogP contribution in [0.5, 0.6) is 0 Å². The van der Waals surface area contributed by atoms with Crippen molar-refractivity contribution in [3.63, 3.8) is 0 Å². The van der Waals surface area contributed by atoms with Gasteiger partial charge in [-0.05, 0) is 17.7 Å². The van der Waals surface area contributed by atoms with Gasteiger partial charge in [-0.25, -0.2) is 4.79 Å². The molecule has 8 heteroatoms. The lowest BCUT2D eigenvalue weighted by Crippen LogP contribution is -2.42. The molecule has 1 aromatic heterocycles. The molecule has 7 nitrogen and oxygen atoms in total. The molecule has 2 aromatic rings. The molecule has 0 unspecified atom stereocenters. The fourth-order valence-corrected chi connectivity index (χ4v) is 2.87. The molecular weight excluding hydrogens is 346 g/mol. The number of aromatic nitrogens is 2. The maximum Gasteiger partial charge on any atom is 0.358 e. The monoisotopic (exact) mass is 363 g/mol. The first-order valence-electron chi connectivity index (χ1n) is 7.78. The van der Waals surface area contributed by atoms with Gasteiger partial charge >= 0.3 is 5.97 Å². The number of nitrogens with zero attached hydrogens (tertiary/aromatic N) is 3. The Hall–Kier alpha value is -2.38. The maximum atomic E-state index is 12.8. The summed E-state index contributed by atoms with van der Waals surface area (Å²) in [6.07, 6.45) is -0.219. The number of carbonyl (C=O) groups excluding carboxylic acids is 2. The molecule has 0 radical (unpaired) electrons. The van der Waals surface area contributed by atoms with Crippen molar-refractivity contribution in [3.8, 4) is 0 Å². The van der Waals surface area contributed by atoms with E-state index >= 15 is 0 Å². The lowest BCUT2D eigenvalue weighted by Gasteiger charge is -2.33. The van der Waals surface area contributed by atoms with Crippen LogP contribution < -0.4 is 0 Å². The highest BCUT2D eigenvalue weighted by atomic mass is 35.5. The van der Waals surface area contributed by atoms with Gasteiger partial charge in [0.2, 0.25) is 0 Å². The van der Waals surface area contributed by atoms with E-state index in [-0.39, 0.29) is 17.7 Å². The first-order valence-corrected chi connectivity index (χ1v) is 8.16. The number of hydrogen-bond donors (Lipinski definition) is 0. The van der Waals surface area contributed by atoms with Crippen molar-refractivity contribution in [3.05, 3.63) is 52.3 Å². The topological polar surface area (TPSA) is 73.7 Å². The Morgan fingerprint density at radius 3 is 2.72 bits per heavy atom. The van der Waals surface area contributed by atoms with E-state index in [2.05, 4.69) is 9.84 Å². The van der Waals surface area contributed by atoms with E-state index in [1.807, 2.05) is 12.1 Å². The molecule has 0 aliphatic carbocycles. The Labute approximate surface area is 150 Å². The third-order valence-electron chi connectivity index (χ3n) is 4.09. The Morgan fingerprint density at radius 1 is 1.32 bits per heavy atom. The first kappa shape index (κ1) is 17.4. The number of ether oxygens (including phenoxy) is 2. The van der Waals surface area contributed by atoms with Crippen molar-refractivity contribution < 1.29 is 19.1 Å². The Morgan fingerprint density at radius 2 is 2.04 bits per heavy atom. The van der Waals surface area contributed by atoms with Gasteiger partial charge in [0.15, 0.2) is 5.69 Å². The molecule has 1 saturated heterocycles. The molecule has 1 aliphatic heterocycles. The van der Waals surface area contributed by atoms with Crippen LogP contribution in [0.15, 0.2) is 30.3 Å². The minimum absolute atomic E-state index is 0.107. The van der Waals surface area contributed by atoms with Crippen LogP contribution in [0.2, 0.25) is 5.02 Å². The van der Waals surface area contributed by atoms with Crippen LogP contribution in [0, 0.1) is 0 Å². The SMILES string of the molecule is COC(=O)c1cc(C(=O)N2CCO[C@@H](c3ccc(Cl)cc3)C2)n(C)n1. The summed E-state index contributed by atoms with van der Waals surface area (Å²) in [4.78, 5) is 26.1. The molecule has 3 rings (SSSR count). The van der Waals surface area contributed by atoms with Gasteiger partial charge in [-0.2, -0.15) is 5.10 Å². The predicted octanol–water partition coefficient (Wildman–Crippen LogP) is 2.07. The summed E-state index contributed by atoms with van der Waals surface area (Å²) in [6.45, 7) is 1.32. The highest BCUT2D eigenvalue weighted by Crippen LogP contribution is 2.24. The number of morpholine rings is 1. The zero-order chi connectivity index (χ0) is 18.0. The molecule has 1 amide bonds. The van der Waals surface area contributed by atoms with E-state index in [1.54, 1.807) is 24.1 Å². The van der Waals surface area contributed by atoms with E-state index in [1.165, 1.54) is 17.9 Å². The van der Waals surface area contributed by atoms with Crippen LogP contribution in [0.4, 0.5) is 0 Å². The highest BCUT2D eigenvalue weighted by molar-refractivity contribution is 6.30. The van der Waals surface area contributed by atoms with E-state index < -0.39 is 5.97 Å². The van der Waals surface area contributed by atoms with Gasteiger partial charge in [-0.1, -0.05) is 23.7 Å².